The zero-order chi connectivity index (χ0) is 13.2. The van der Waals surface area contributed by atoms with Gasteiger partial charge in [-0.1, -0.05) is 5.16 Å². The lowest BCUT2D eigenvalue weighted by molar-refractivity contribution is -0.164. The Morgan fingerprint density at radius 3 is 2.59 bits per heavy atom. The molecule has 1 unspecified atom stereocenters. The highest BCUT2D eigenvalue weighted by Gasteiger charge is 2.37. The summed E-state index contributed by atoms with van der Waals surface area (Å²) >= 11 is 0. The van der Waals surface area contributed by atoms with Crippen LogP contribution >= 0.6 is 0 Å². The summed E-state index contributed by atoms with van der Waals surface area (Å²) in [6.45, 7) is -1.42. The van der Waals surface area contributed by atoms with Crippen molar-refractivity contribution >= 4 is 17.6 Å². The average molecular weight is 254 g/mol. The van der Waals surface area contributed by atoms with Gasteiger partial charge in [-0.2, -0.15) is 13.2 Å². The summed E-state index contributed by atoms with van der Waals surface area (Å²) in [7, 11) is 0.956. The molecule has 0 aromatic rings. The van der Waals surface area contributed by atoms with Crippen molar-refractivity contribution in [1.82, 2.24) is 4.90 Å². The van der Waals surface area contributed by atoms with E-state index in [1.807, 2.05) is 0 Å². The summed E-state index contributed by atoms with van der Waals surface area (Å²) in [4.78, 5) is 26.8. The van der Waals surface area contributed by atoms with Crippen LogP contribution in [0.15, 0.2) is 5.16 Å². The normalized spacial score (nSPS) is 19.5. The highest BCUT2D eigenvalue weighted by Crippen LogP contribution is 2.18. The molecule has 0 bridgehead atoms. The van der Waals surface area contributed by atoms with Gasteiger partial charge in [-0.25, -0.2) is 4.79 Å². The van der Waals surface area contributed by atoms with Crippen LogP contribution in [-0.2, 0) is 14.4 Å². The van der Waals surface area contributed by atoms with Gasteiger partial charge in [0.2, 0.25) is 6.10 Å². The molecular formula is C8H9F3N2O4. The first kappa shape index (κ1) is 13.3. The lowest BCUT2D eigenvalue weighted by Crippen LogP contribution is -2.42. The number of carbonyl (C=O) groups excluding carboxylic acids is 1. The van der Waals surface area contributed by atoms with Crippen LogP contribution in [-0.4, -0.2) is 53.5 Å². The van der Waals surface area contributed by atoms with Gasteiger partial charge in [0, 0.05) is 13.5 Å². The average Bonchev–Trinajstić information content (AvgIpc) is 2.62. The van der Waals surface area contributed by atoms with Crippen LogP contribution in [0.1, 0.15) is 6.42 Å². The van der Waals surface area contributed by atoms with E-state index in [1.165, 1.54) is 0 Å². The number of carbonyl (C=O) groups is 2. The van der Waals surface area contributed by atoms with Crippen molar-refractivity contribution in [3.63, 3.8) is 0 Å². The molecule has 0 fully saturated rings. The third-order valence-electron chi connectivity index (χ3n) is 1.98. The van der Waals surface area contributed by atoms with Crippen LogP contribution in [0, 0.1) is 0 Å². The molecule has 0 aromatic heterocycles. The van der Waals surface area contributed by atoms with Gasteiger partial charge in [-0.3, -0.25) is 4.79 Å². The number of carboxylic acids is 1. The van der Waals surface area contributed by atoms with E-state index in [2.05, 4.69) is 9.99 Å². The molecule has 1 aliphatic heterocycles. The number of alkyl halides is 3. The molecule has 0 aromatic carbocycles. The number of oxime groups is 1. The fourth-order valence-electron chi connectivity index (χ4n) is 1.23. The third kappa shape index (κ3) is 3.61. The van der Waals surface area contributed by atoms with E-state index in [4.69, 9.17) is 5.11 Å². The molecule has 1 heterocycles. The zero-order valence-electron chi connectivity index (χ0n) is 8.69. The number of hydrogen-bond acceptors (Lipinski definition) is 4. The van der Waals surface area contributed by atoms with Gasteiger partial charge in [0.1, 0.15) is 6.54 Å². The Bertz CT molecular complexity index is 366. The number of aliphatic carboxylic acids is 1. The Balaban J connectivity index is 2.54. The number of rotatable bonds is 3. The van der Waals surface area contributed by atoms with Crippen LogP contribution in [0.3, 0.4) is 0 Å². The highest BCUT2D eigenvalue weighted by atomic mass is 19.4. The topological polar surface area (TPSA) is 79.2 Å². The van der Waals surface area contributed by atoms with Gasteiger partial charge in [0.15, 0.2) is 5.71 Å². The maximum Gasteiger partial charge on any atom is 0.406 e. The molecule has 1 atom stereocenters. The van der Waals surface area contributed by atoms with E-state index in [-0.39, 0.29) is 12.1 Å². The summed E-state index contributed by atoms with van der Waals surface area (Å²) in [5.41, 5.74) is -0.385. The van der Waals surface area contributed by atoms with Gasteiger partial charge in [-0.05, 0) is 0 Å². The van der Waals surface area contributed by atoms with Crippen LogP contribution in [0.2, 0.25) is 0 Å². The fraction of sp³-hybridized carbons (Fsp3) is 0.625. The number of likely N-dealkylation sites (N-methyl/N-ethyl adjacent to an activating group) is 1. The minimum Gasteiger partial charge on any atom is -0.477 e. The van der Waals surface area contributed by atoms with Crippen LogP contribution in [0.5, 0.6) is 0 Å². The van der Waals surface area contributed by atoms with E-state index in [1.54, 1.807) is 0 Å². The van der Waals surface area contributed by atoms with E-state index >= 15 is 0 Å². The molecule has 6 nitrogen and oxygen atoms in total. The van der Waals surface area contributed by atoms with Crippen LogP contribution < -0.4 is 0 Å². The summed E-state index contributed by atoms with van der Waals surface area (Å²) in [6.07, 6.45) is -6.15. The number of hydrogen-bond donors (Lipinski definition) is 1. The number of carboxylic acid groups (broad SMARTS) is 1. The Morgan fingerprint density at radius 2 is 2.18 bits per heavy atom. The Morgan fingerprint density at radius 1 is 1.59 bits per heavy atom. The van der Waals surface area contributed by atoms with Crippen molar-refractivity contribution in [1.29, 1.82) is 0 Å². The maximum absolute atomic E-state index is 12.0. The SMILES string of the molecule is CN(CC(F)(F)F)C(=O)C1CC(C(=O)O)=NO1. The third-order valence-corrected chi connectivity index (χ3v) is 1.98. The monoisotopic (exact) mass is 254 g/mol. The van der Waals surface area contributed by atoms with Crippen LogP contribution in [0.4, 0.5) is 13.2 Å². The quantitative estimate of drug-likeness (QED) is 0.782. The largest absolute Gasteiger partial charge is 0.477 e. The summed E-state index contributed by atoms with van der Waals surface area (Å²) < 4.78 is 36.0. The first-order valence-electron chi connectivity index (χ1n) is 4.48. The second-order valence-corrected chi connectivity index (χ2v) is 3.45. The fourth-order valence-corrected chi connectivity index (χ4v) is 1.23. The van der Waals surface area contributed by atoms with Gasteiger partial charge in [-0.15, -0.1) is 0 Å². The molecule has 1 N–H and O–H groups in total. The Hall–Kier alpha value is -1.80. The van der Waals surface area contributed by atoms with E-state index in [0.717, 1.165) is 7.05 Å². The number of halogens is 3. The maximum atomic E-state index is 12.0. The molecule has 0 spiro atoms. The minimum absolute atomic E-state index is 0.337. The van der Waals surface area contributed by atoms with Gasteiger partial charge < -0.3 is 14.8 Å². The van der Waals surface area contributed by atoms with Crippen molar-refractivity contribution in [2.75, 3.05) is 13.6 Å². The van der Waals surface area contributed by atoms with Crippen molar-refractivity contribution in [3.8, 4) is 0 Å². The van der Waals surface area contributed by atoms with Crippen LogP contribution in [0.25, 0.3) is 0 Å². The van der Waals surface area contributed by atoms with E-state index in [9.17, 15) is 22.8 Å². The molecule has 0 saturated heterocycles. The standard InChI is InChI=1S/C8H9F3N2O4/c1-13(3-8(9,10)11)6(14)5-2-4(7(15)16)12-17-5/h5H,2-3H2,1H3,(H,15,16). The predicted octanol–water partition coefficient (Wildman–Crippen LogP) is 0.237. The van der Waals surface area contributed by atoms with E-state index in [0.29, 0.717) is 4.90 Å². The number of amides is 1. The molecule has 0 saturated carbocycles. The first-order chi connectivity index (χ1) is 7.70. The van der Waals surface area contributed by atoms with Crippen molar-refractivity contribution in [2.24, 2.45) is 5.16 Å². The lowest BCUT2D eigenvalue weighted by Gasteiger charge is -2.20. The molecule has 96 valence electrons. The smallest absolute Gasteiger partial charge is 0.406 e. The lowest BCUT2D eigenvalue weighted by atomic mass is 10.1. The zero-order valence-corrected chi connectivity index (χ0v) is 8.69. The summed E-state index contributed by atoms with van der Waals surface area (Å²) in [5.74, 6) is -2.32. The molecule has 1 aliphatic rings. The van der Waals surface area contributed by atoms with Crippen molar-refractivity contribution in [2.45, 2.75) is 18.7 Å². The van der Waals surface area contributed by atoms with E-state index < -0.39 is 30.7 Å². The Kier molecular flexibility index (Phi) is 3.59. The second-order valence-electron chi connectivity index (χ2n) is 3.45. The van der Waals surface area contributed by atoms with Crippen molar-refractivity contribution in [3.05, 3.63) is 0 Å². The summed E-state index contributed by atoms with van der Waals surface area (Å²) in [5, 5.41) is 11.6. The van der Waals surface area contributed by atoms with Gasteiger partial charge in [0.25, 0.3) is 5.91 Å². The highest BCUT2D eigenvalue weighted by molar-refractivity contribution is 6.36. The predicted molar refractivity (Wildman–Crippen MR) is 48.3 cm³/mol. The Labute approximate surface area is 93.6 Å². The second kappa shape index (κ2) is 4.60. The molecule has 0 aliphatic carbocycles. The minimum atomic E-state index is -4.51. The van der Waals surface area contributed by atoms with Gasteiger partial charge >= 0.3 is 12.1 Å². The van der Waals surface area contributed by atoms with Gasteiger partial charge in [0.05, 0.1) is 0 Å². The molecule has 17 heavy (non-hydrogen) atoms. The molecule has 1 rings (SSSR count). The molecular weight excluding hydrogens is 245 g/mol. The summed E-state index contributed by atoms with van der Waals surface area (Å²) in [6, 6.07) is 0. The van der Waals surface area contributed by atoms with Crippen molar-refractivity contribution < 1.29 is 32.7 Å². The number of nitrogens with zero attached hydrogens (tertiary/aromatic N) is 2. The first-order valence-corrected chi connectivity index (χ1v) is 4.48. The molecule has 9 heteroatoms. The molecule has 0 radical (unpaired) electrons. The molecule has 1 amide bonds.